The highest BCUT2D eigenvalue weighted by molar-refractivity contribution is 8.76. The molecule has 0 radical (unpaired) electrons. The number of imidazole rings is 1. The third-order valence-corrected chi connectivity index (χ3v) is 26.9. The van der Waals surface area contributed by atoms with Crippen molar-refractivity contribution in [2.24, 2.45) is 103 Å². The average Bonchev–Trinajstić information content (AvgIpc) is 4.18. The van der Waals surface area contributed by atoms with Gasteiger partial charge in [-0.25, -0.2) is 4.98 Å². The Labute approximate surface area is 465 Å². The molecule has 1 spiro atoms. The topological polar surface area (TPSA) is 239 Å². The average molecular weight is 1100 g/mol. The van der Waals surface area contributed by atoms with Crippen LogP contribution in [-0.2, 0) is 4.79 Å². The van der Waals surface area contributed by atoms with Crippen molar-refractivity contribution in [2.75, 3.05) is 39.1 Å². The number of carbonyl (C=O) groups is 1. The fourth-order valence-corrected chi connectivity index (χ4v) is 25.1. The number of aliphatic imine (C=N–C) groups is 1. The third kappa shape index (κ3) is 8.39. The summed E-state index contributed by atoms with van der Waals surface area (Å²) in [7, 11) is 5.40. The Morgan fingerprint density at radius 2 is 1.82 bits per heavy atom. The number of aliphatic hydroxyl groups excluding tert-OH is 6. The van der Waals surface area contributed by atoms with Crippen molar-refractivity contribution < 1.29 is 40.5 Å². The molecule has 2 heterocycles. The lowest BCUT2D eigenvalue weighted by Crippen LogP contribution is -2.69. The van der Waals surface area contributed by atoms with Gasteiger partial charge >= 0.3 is 0 Å². The van der Waals surface area contributed by atoms with Gasteiger partial charge < -0.3 is 56.7 Å². The van der Waals surface area contributed by atoms with Crippen LogP contribution >= 0.6 is 21.6 Å². The summed E-state index contributed by atoms with van der Waals surface area (Å²) in [4.78, 5) is 25.0. The van der Waals surface area contributed by atoms with Crippen molar-refractivity contribution >= 4 is 33.3 Å². The lowest BCUT2D eigenvalue weighted by molar-refractivity contribution is -0.195. The highest BCUT2D eigenvalue weighted by Gasteiger charge is 2.76. The molecule has 0 aromatic carbocycles. The smallest absolute Gasteiger partial charge is 0.190 e. The number of fused-ring (bicyclic) bond motifs is 14. The summed E-state index contributed by atoms with van der Waals surface area (Å²) in [5.41, 5.74) is 9.56. The van der Waals surface area contributed by atoms with E-state index >= 15 is 9.90 Å². The number of hydrogen-bond donors (Lipinski definition) is 10. The summed E-state index contributed by atoms with van der Waals surface area (Å²) in [6.07, 6.45) is 19.7. The van der Waals surface area contributed by atoms with Crippen LogP contribution in [0, 0.1) is 92.7 Å². The zero-order valence-electron chi connectivity index (χ0n) is 46.5. The molecule has 11 aliphatic rings. The molecule has 8 fully saturated rings. The molecule has 77 heavy (non-hydrogen) atoms. The normalized spacial score (nSPS) is 47.4. The summed E-state index contributed by atoms with van der Waals surface area (Å²) in [6.45, 7) is 8.70. The molecule has 22 atom stereocenters. The first-order chi connectivity index (χ1) is 36.9. The van der Waals surface area contributed by atoms with E-state index in [0.29, 0.717) is 49.6 Å². The van der Waals surface area contributed by atoms with Crippen LogP contribution in [0.3, 0.4) is 0 Å². The second kappa shape index (κ2) is 20.6. The van der Waals surface area contributed by atoms with E-state index in [1.165, 1.54) is 44.1 Å². The second-order valence-corrected chi connectivity index (χ2v) is 30.7. The molecule has 16 heteroatoms. The van der Waals surface area contributed by atoms with Gasteiger partial charge in [-0.1, -0.05) is 71.1 Å². The molecule has 1 aromatic heterocycles. The molecule has 1 aromatic rings. The van der Waals surface area contributed by atoms with E-state index in [1.807, 2.05) is 23.3 Å². The number of nitrogens with zero attached hydrogens (tertiary/aromatic N) is 3. The Balaban J connectivity index is 1.08. The molecule has 1 aliphatic heterocycles. The quantitative estimate of drug-likeness (QED) is 0.0386. The number of allylic oxidation sites excluding steroid dienone is 3. The Hall–Kier alpha value is -2.25. The van der Waals surface area contributed by atoms with Gasteiger partial charge in [0.25, 0.3) is 0 Å². The highest BCUT2D eigenvalue weighted by atomic mass is 33.1. The summed E-state index contributed by atoms with van der Waals surface area (Å²) in [6, 6.07) is 0.0776. The standard InChI is InChI=1S/C61H92N6O8S2/c1-32(70)66-56(62)65-27-35-24-60(30-69)42-21-43(61(60,75)44-22-45(71)52-41(28-63-5)54(73)46(72)26-58(52,4)50(35)44)47(12-8-18-68)77-76-29-37(67-17-16-64-31-67)25-57(2,3)53-40-19-33-13-14-36-10-7-15-59(36,23-33)51(40)38-11-6-9-34-20-39(42)55(74)49(53)48(34)38/h16-17,22,31-37,39,41-43,46-47,49-52,54-55,63,68-70,72-75H,6-15,18-21,23-30H2,1-5H3,(H3,62,65,66). The van der Waals surface area contributed by atoms with Gasteiger partial charge in [0.2, 0.25) is 0 Å². The van der Waals surface area contributed by atoms with Gasteiger partial charge in [0, 0.05) is 84.1 Å². The molecular weight excluding hydrogens is 1010 g/mol. The summed E-state index contributed by atoms with van der Waals surface area (Å²) >= 11 is 0. The minimum Gasteiger partial charge on any atom is -0.396 e. The molecular formula is C61H92N6O8S2. The molecule has 14 nitrogen and oxygen atoms in total. The van der Waals surface area contributed by atoms with E-state index in [2.05, 4.69) is 47.2 Å². The largest absolute Gasteiger partial charge is 0.396 e. The van der Waals surface area contributed by atoms with Gasteiger partial charge in [-0.3, -0.25) is 9.79 Å². The van der Waals surface area contributed by atoms with E-state index in [9.17, 15) is 30.6 Å². The molecule has 12 rings (SSSR count). The molecule has 6 bridgehead atoms. The fraction of sp³-hybridized carbons (Fsp3) is 0.820. The van der Waals surface area contributed by atoms with Crippen LogP contribution < -0.4 is 16.4 Å². The number of hydrogen-bond acceptors (Lipinski definition) is 13. The van der Waals surface area contributed by atoms with Crippen LogP contribution in [-0.4, -0.2) is 132 Å². The first-order valence-electron chi connectivity index (χ1n) is 30.2. The fourth-order valence-electron chi connectivity index (χ4n) is 21.8. The molecule has 7 saturated carbocycles. The summed E-state index contributed by atoms with van der Waals surface area (Å²) in [5.74, 6) is -0.785. The summed E-state index contributed by atoms with van der Waals surface area (Å²) < 4.78 is 2.30. The predicted molar refractivity (Wildman–Crippen MR) is 302 cm³/mol. The van der Waals surface area contributed by atoms with E-state index in [4.69, 9.17) is 10.7 Å². The maximum Gasteiger partial charge on any atom is 0.190 e. The van der Waals surface area contributed by atoms with Gasteiger partial charge in [0.05, 0.1) is 36.8 Å². The number of aromatic nitrogens is 2. The number of aliphatic hydroxyl groups is 7. The number of rotatable bonds is 10. The Bertz CT molecular complexity index is 2540. The zero-order chi connectivity index (χ0) is 54.1. The van der Waals surface area contributed by atoms with Crippen molar-refractivity contribution in [3.05, 3.63) is 52.7 Å². The van der Waals surface area contributed by atoms with Crippen molar-refractivity contribution in [3.63, 3.8) is 0 Å². The van der Waals surface area contributed by atoms with Crippen LogP contribution in [0.2, 0.25) is 0 Å². The molecule has 11 N–H and O–H groups in total. The van der Waals surface area contributed by atoms with Crippen LogP contribution in [0.4, 0.5) is 0 Å². The van der Waals surface area contributed by atoms with Gasteiger partial charge in [-0.15, -0.1) is 0 Å². The first-order valence-corrected chi connectivity index (χ1v) is 32.6. The van der Waals surface area contributed by atoms with Crippen LogP contribution in [0.1, 0.15) is 143 Å². The van der Waals surface area contributed by atoms with Crippen LogP contribution in [0.15, 0.2) is 57.7 Å². The number of carbonyl (C=O) groups excluding carboxylic acids is 1. The predicted octanol–water partition coefficient (Wildman–Crippen LogP) is 6.70. The number of ketones is 1. The minimum atomic E-state index is -1.75. The third-order valence-electron chi connectivity index (χ3n) is 23.9. The van der Waals surface area contributed by atoms with Crippen molar-refractivity contribution in [3.8, 4) is 0 Å². The van der Waals surface area contributed by atoms with E-state index in [-0.39, 0.29) is 83.7 Å². The zero-order valence-corrected chi connectivity index (χ0v) is 48.2. The summed E-state index contributed by atoms with van der Waals surface area (Å²) in [5, 5.41) is 92.7. The molecule has 10 aliphatic carbocycles. The van der Waals surface area contributed by atoms with Gasteiger partial charge in [0.1, 0.15) is 6.23 Å². The molecule has 22 unspecified atom stereocenters. The monoisotopic (exact) mass is 1100 g/mol. The maximum absolute atomic E-state index is 15.5. The van der Waals surface area contributed by atoms with Crippen LogP contribution in [0.25, 0.3) is 0 Å². The minimum absolute atomic E-state index is 0.0185. The van der Waals surface area contributed by atoms with Gasteiger partial charge in [0.15, 0.2) is 11.7 Å². The maximum atomic E-state index is 15.5. The second-order valence-electron chi connectivity index (χ2n) is 28.0. The number of guanidine groups is 1. The van der Waals surface area contributed by atoms with Crippen molar-refractivity contribution in [2.45, 2.75) is 178 Å². The Morgan fingerprint density at radius 3 is 2.56 bits per heavy atom. The Kier molecular flexibility index (Phi) is 14.8. The lowest BCUT2D eigenvalue weighted by atomic mass is 9.40. The highest BCUT2D eigenvalue weighted by Crippen LogP contribution is 2.76. The SMILES string of the molecule is CNCC1C(O)C(O)CC2(C)C3C(=CC(=O)C12)C1(O)C2CC(C4CC5CCCC6=C5C(C(=C5CC7CCC8CCCC8(C7)C65)C(C)(C)CC(n5ccnc5)CSSC2CCCO)C4O)C1(CO)CC3CN=C(N)NC(C)O. The van der Waals surface area contributed by atoms with Crippen molar-refractivity contribution in [1.82, 2.24) is 20.2 Å². The van der Waals surface area contributed by atoms with E-state index < -0.39 is 70.6 Å². The number of nitrogens with one attached hydrogen (secondary N) is 2. The van der Waals surface area contributed by atoms with E-state index in [0.717, 1.165) is 50.2 Å². The van der Waals surface area contributed by atoms with Gasteiger partial charge in [-0.05, 0) is 186 Å². The Morgan fingerprint density at radius 1 is 1.00 bits per heavy atom. The van der Waals surface area contributed by atoms with Gasteiger partial charge in [-0.2, -0.15) is 0 Å². The van der Waals surface area contributed by atoms with Crippen LogP contribution in [0.5, 0.6) is 0 Å². The lowest BCUT2D eigenvalue weighted by Gasteiger charge is -2.65. The van der Waals surface area contributed by atoms with E-state index in [1.54, 1.807) is 47.6 Å². The molecule has 1 saturated heterocycles. The number of nitrogens with two attached hydrogens (primary N) is 1. The first kappa shape index (κ1) is 55.3. The van der Waals surface area contributed by atoms with Crippen molar-refractivity contribution in [1.29, 1.82) is 0 Å². The molecule has 426 valence electrons. The molecule has 0 amide bonds.